The van der Waals surface area contributed by atoms with E-state index in [2.05, 4.69) is 15.4 Å². The zero-order chi connectivity index (χ0) is 20.5. The van der Waals surface area contributed by atoms with E-state index < -0.39 is 23.2 Å². The number of rotatable bonds is 5. The van der Waals surface area contributed by atoms with Gasteiger partial charge in [0.15, 0.2) is 5.65 Å². The molecule has 0 atom stereocenters. The predicted molar refractivity (Wildman–Crippen MR) is 102 cm³/mol. The zero-order valence-electron chi connectivity index (χ0n) is 15.1. The molecular formula is C20H14F2N4O3. The number of carboxylic acids is 1. The molecule has 146 valence electrons. The van der Waals surface area contributed by atoms with E-state index in [0.29, 0.717) is 5.65 Å². The normalized spacial score (nSPS) is 10.9. The van der Waals surface area contributed by atoms with Crippen LogP contribution in [-0.4, -0.2) is 32.8 Å². The Hall–Kier alpha value is -4.01. The van der Waals surface area contributed by atoms with Crippen molar-refractivity contribution in [3.8, 4) is 16.9 Å². The number of carboxylic acid groups (broad SMARTS) is 1. The van der Waals surface area contributed by atoms with Crippen molar-refractivity contribution in [3.05, 3.63) is 71.9 Å². The van der Waals surface area contributed by atoms with E-state index in [1.807, 2.05) is 30.3 Å². The van der Waals surface area contributed by atoms with Crippen LogP contribution in [0.3, 0.4) is 0 Å². The van der Waals surface area contributed by atoms with E-state index in [9.17, 15) is 13.6 Å². The monoisotopic (exact) mass is 396 g/mol. The van der Waals surface area contributed by atoms with Gasteiger partial charge in [-0.15, -0.1) is 5.10 Å². The third-order valence-electron chi connectivity index (χ3n) is 4.28. The minimum absolute atomic E-state index is 0.00750. The van der Waals surface area contributed by atoms with Gasteiger partial charge in [-0.2, -0.15) is 4.98 Å². The second-order valence-electron chi connectivity index (χ2n) is 6.10. The highest BCUT2D eigenvalue weighted by molar-refractivity contribution is 5.89. The molecular weight excluding hydrogens is 382 g/mol. The van der Waals surface area contributed by atoms with E-state index in [-0.39, 0.29) is 11.6 Å². The maximum absolute atomic E-state index is 13.9. The van der Waals surface area contributed by atoms with E-state index >= 15 is 0 Å². The first-order valence-corrected chi connectivity index (χ1v) is 8.45. The van der Waals surface area contributed by atoms with Crippen LogP contribution < -0.4 is 10.1 Å². The zero-order valence-corrected chi connectivity index (χ0v) is 15.1. The first kappa shape index (κ1) is 18.4. The molecule has 0 unspecified atom stereocenters. The maximum atomic E-state index is 13.9. The molecule has 29 heavy (non-hydrogen) atoms. The van der Waals surface area contributed by atoms with Gasteiger partial charge in [-0.1, -0.05) is 12.1 Å². The van der Waals surface area contributed by atoms with Crippen molar-refractivity contribution in [1.82, 2.24) is 14.6 Å². The quantitative estimate of drug-likeness (QED) is 0.527. The van der Waals surface area contributed by atoms with Crippen LogP contribution in [0.1, 0.15) is 10.4 Å². The second-order valence-corrected chi connectivity index (χ2v) is 6.10. The summed E-state index contributed by atoms with van der Waals surface area (Å²) in [5.74, 6) is -3.24. The third-order valence-corrected chi connectivity index (χ3v) is 4.28. The SMILES string of the molecule is COc1ccc(-c2cccn3nc(Nc4cc(F)c(C(=O)O)c(F)c4)nc23)cc1. The highest BCUT2D eigenvalue weighted by Crippen LogP contribution is 2.27. The summed E-state index contributed by atoms with van der Waals surface area (Å²) in [5.41, 5.74) is 1.20. The molecule has 0 aliphatic heterocycles. The summed E-state index contributed by atoms with van der Waals surface area (Å²) in [6.45, 7) is 0. The summed E-state index contributed by atoms with van der Waals surface area (Å²) in [7, 11) is 1.58. The summed E-state index contributed by atoms with van der Waals surface area (Å²) in [6, 6.07) is 12.8. The molecule has 0 saturated carbocycles. The van der Waals surface area contributed by atoms with Crippen molar-refractivity contribution in [2.45, 2.75) is 0 Å². The molecule has 0 amide bonds. The van der Waals surface area contributed by atoms with Gasteiger partial charge in [-0.25, -0.2) is 18.1 Å². The number of nitrogens with zero attached hydrogens (tertiary/aromatic N) is 3. The molecule has 0 aliphatic carbocycles. The van der Waals surface area contributed by atoms with Crippen LogP contribution in [0.15, 0.2) is 54.7 Å². The van der Waals surface area contributed by atoms with E-state index in [4.69, 9.17) is 9.84 Å². The van der Waals surface area contributed by atoms with Crippen LogP contribution in [0.5, 0.6) is 5.75 Å². The van der Waals surface area contributed by atoms with Gasteiger partial charge in [0.25, 0.3) is 0 Å². The molecule has 2 N–H and O–H groups in total. The summed E-state index contributed by atoms with van der Waals surface area (Å²) in [4.78, 5) is 15.3. The Bertz CT molecular complexity index is 1200. The van der Waals surface area contributed by atoms with Gasteiger partial charge in [-0.05, 0) is 42.0 Å². The van der Waals surface area contributed by atoms with E-state index in [0.717, 1.165) is 29.0 Å². The Kier molecular flexibility index (Phi) is 4.55. The molecule has 4 aromatic rings. The van der Waals surface area contributed by atoms with Crippen molar-refractivity contribution >= 4 is 23.3 Å². The fourth-order valence-electron chi connectivity index (χ4n) is 2.93. The van der Waals surface area contributed by atoms with Crippen LogP contribution in [0, 0.1) is 11.6 Å². The second kappa shape index (κ2) is 7.19. The fraction of sp³-hybridized carbons (Fsp3) is 0.0500. The van der Waals surface area contributed by atoms with Gasteiger partial charge < -0.3 is 15.2 Å². The number of pyridine rings is 1. The number of hydrogen-bond donors (Lipinski definition) is 2. The van der Waals surface area contributed by atoms with Crippen LogP contribution >= 0.6 is 0 Å². The number of anilines is 2. The molecule has 0 radical (unpaired) electrons. The predicted octanol–water partition coefficient (Wildman–Crippen LogP) is 4.12. The molecule has 0 spiro atoms. The number of halogens is 2. The van der Waals surface area contributed by atoms with Crippen LogP contribution in [-0.2, 0) is 0 Å². The third kappa shape index (κ3) is 3.45. The maximum Gasteiger partial charge on any atom is 0.341 e. The van der Waals surface area contributed by atoms with Crippen molar-refractivity contribution in [2.75, 3.05) is 12.4 Å². The van der Waals surface area contributed by atoms with E-state index in [1.54, 1.807) is 19.4 Å². The Labute approximate surface area is 163 Å². The number of methoxy groups -OCH3 is 1. The Balaban J connectivity index is 1.70. The van der Waals surface area contributed by atoms with Crippen LogP contribution in [0.2, 0.25) is 0 Å². The number of aromatic nitrogens is 3. The average molecular weight is 396 g/mol. The number of ether oxygens (including phenoxy) is 1. The number of nitrogens with one attached hydrogen (secondary N) is 1. The Morgan fingerprint density at radius 3 is 2.45 bits per heavy atom. The van der Waals surface area contributed by atoms with Gasteiger partial charge in [0.05, 0.1) is 7.11 Å². The lowest BCUT2D eigenvalue weighted by Gasteiger charge is -2.05. The molecule has 2 aromatic heterocycles. The fourth-order valence-corrected chi connectivity index (χ4v) is 2.93. The smallest absolute Gasteiger partial charge is 0.341 e. The van der Waals surface area contributed by atoms with Crippen molar-refractivity contribution in [3.63, 3.8) is 0 Å². The van der Waals surface area contributed by atoms with Crippen LogP contribution in [0.4, 0.5) is 20.4 Å². The lowest BCUT2D eigenvalue weighted by Crippen LogP contribution is -2.06. The molecule has 0 bridgehead atoms. The van der Waals surface area contributed by atoms with Gasteiger partial charge in [0.2, 0.25) is 5.95 Å². The number of fused-ring (bicyclic) bond motifs is 1. The van der Waals surface area contributed by atoms with E-state index in [1.165, 1.54) is 4.52 Å². The van der Waals surface area contributed by atoms with Gasteiger partial charge in [0.1, 0.15) is 22.9 Å². The number of carbonyl (C=O) groups is 1. The summed E-state index contributed by atoms with van der Waals surface area (Å²) in [5, 5.41) is 15.8. The van der Waals surface area contributed by atoms with Crippen molar-refractivity contribution in [1.29, 1.82) is 0 Å². The van der Waals surface area contributed by atoms with Gasteiger partial charge >= 0.3 is 5.97 Å². The molecule has 0 saturated heterocycles. The number of benzene rings is 2. The standard InChI is InChI=1S/C20H14F2N4O3/c1-29-13-6-4-11(5-7-13)14-3-2-8-26-18(14)24-20(25-26)23-12-9-15(21)17(19(27)28)16(22)10-12/h2-10H,1H3,(H,23,25)(H,27,28). The first-order valence-electron chi connectivity index (χ1n) is 8.45. The van der Waals surface area contributed by atoms with Crippen LogP contribution in [0.25, 0.3) is 16.8 Å². The molecule has 9 heteroatoms. The number of hydrogen-bond acceptors (Lipinski definition) is 5. The average Bonchev–Trinajstić information content (AvgIpc) is 3.09. The Morgan fingerprint density at radius 2 is 1.83 bits per heavy atom. The minimum atomic E-state index is -1.68. The molecule has 4 rings (SSSR count). The molecule has 0 aliphatic rings. The number of aromatic carboxylic acids is 1. The highest BCUT2D eigenvalue weighted by Gasteiger charge is 2.18. The van der Waals surface area contributed by atoms with Gasteiger partial charge in [0, 0.05) is 17.4 Å². The van der Waals surface area contributed by atoms with Crippen molar-refractivity contribution in [2.24, 2.45) is 0 Å². The summed E-state index contributed by atoms with van der Waals surface area (Å²) < 4.78 is 34.5. The lowest BCUT2D eigenvalue weighted by molar-refractivity contribution is 0.0686. The largest absolute Gasteiger partial charge is 0.497 e. The molecule has 2 aromatic carbocycles. The highest BCUT2D eigenvalue weighted by atomic mass is 19.1. The Morgan fingerprint density at radius 1 is 1.14 bits per heavy atom. The van der Waals surface area contributed by atoms with Crippen molar-refractivity contribution < 1.29 is 23.4 Å². The van der Waals surface area contributed by atoms with Gasteiger partial charge in [-0.3, -0.25) is 0 Å². The molecule has 7 nitrogen and oxygen atoms in total. The molecule has 0 fully saturated rings. The summed E-state index contributed by atoms with van der Waals surface area (Å²) >= 11 is 0. The minimum Gasteiger partial charge on any atom is -0.497 e. The first-order chi connectivity index (χ1) is 14.0. The topological polar surface area (TPSA) is 88.8 Å². The lowest BCUT2D eigenvalue weighted by atomic mass is 10.1. The summed E-state index contributed by atoms with van der Waals surface area (Å²) in [6.07, 6.45) is 1.69. The molecule has 2 heterocycles.